The van der Waals surface area contributed by atoms with Gasteiger partial charge in [-0.1, -0.05) is 6.07 Å². The first-order chi connectivity index (χ1) is 8.58. The zero-order valence-electron chi connectivity index (χ0n) is 11.1. The van der Waals surface area contributed by atoms with Crippen LogP contribution >= 0.6 is 0 Å². The van der Waals surface area contributed by atoms with Crippen molar-refractivity contribution in [1.29, 1.82) is 0 Å². The number of hydrogen-bond acceptors (Lipinski definition) is 3. The average Bonchev–Trinajstić information content (AvgIpc) is 2.71. The van der Waals surface area contributed by atoms with Crippen molar-refractivity contribution in [3.8, 4) is 0 Å². The van der Waals surface area contributed by atoms with Crippen LogP contribution in [0.5, 0.6) is 0 Å². The van der Waals surface area contributed by atoms with Gasteiger partial charge in [0.2, 0.25) is 5.91 Å². The van der Waals surface area contributed by atoms with Crippen molar-refractivity contribution < 1.29 is 4.79 Å². The van der Waals surface area contributed by atoms with Gasteiger partial charge in [-0.05, 0) is 50.9 Å². The van der Waals surface area contributed by atoms with Crippen molar-refractivity contribution >= 4 is 17.3 Å². The highest BCUT2D eigenvalue weighted by atomic mass is 16.2. The molecule has 1 saturated heterocycles. The van der Waals surface area contributed by atoms with Gasteiger partial charge in [0, 0.05) is 17.4 Å². The van der Waals surface area contributed by atoms with Gasteiger partial charge in [-0.25, -0.2) is 0 Å². The molecule has 0 radical (unpaired) electrons. The third kappa shape index (κ3) is 2.82. The lowest BCUT2D eigenvalue weighted by Crippen LogP contribution is -2.35. The van der Waals surface area contributed by atoms with Crippen LogP contribution < -0.4 is 11.1 Å². The molecule has 1 atom stereocenters. The lowest BCUT2D eigenvalue weighted by atomic mass is 10.1. The normalized spacial score (nSPS) is 20.0. The van der Waals surface area contributed by atoms with Crippen molar-refractivity contribution in [1.82, 2.24) is 4.90 Å². The van der Waals surface area contributed by atoms with Crippen LogP contribution in [-0.4, -0.2) is 29.9 Å². The second kappa shape index (κ2) is 5.40. The molecular weight excluding hydrogens is 226 g/mol. The fourth-order valence-corrected chi connectivity index (χ4v) is 2.39. The molecule has 1 aromatic rings. The number of nitrogens with zero attached hydrogens (tertiary/aromatic N) is 1. The highest BCUT2D eigenvalue weighted by Gasteiger charge is 2.22. The SMILES string of the molecule is Cc1c(N)cccc1NC(=O)CN1CCCC1C. The molecule has 2 rings (SSSR count). The van der Waals surface area contributed by atoms with Crippen LogP contribution in [0.3, 0.4) is 0 Å². The van der Waals surface area contributed by atoms with Crippen molar-refractivity contribution in [2.45, 2.75) is 32.7 Å². The van der Waals surface area contributed by atoms with E-state index < -0.39 is 0 Å². The van der Waals surface area contributed by atoms with Crippen LogP contribution in [-0.2, 0) is 4.79 Å². The lowest BCUT2D eigenvalue weighted by molar-refractivity contribution is -0.117. The van der Waals surface area contributed by atoms with E-state index in [0.717, 1.165) is 17.8 Å². The largest absolute Gasteiger partial charge is 0.398 e. The Hall–Kier alpha value is -1.55. The minimum atomic E-state index is 0.0393. The molecular formula is C14H21N3O. The molecule has 1 amide bonds. The van der Waals surface area contributed by atoms with Crippen molar-refractivity contribution in [2.24, 2.45) is 0 Å². The van der Waals surface area contributed by atoms with E-state index >= 15 is 0 Å². The smallest absolute Gasteiger partial charge is 0.238 e. The van der Waals surface area contributed by atoms with Crippen LogP contribution in [0, 0.1) is 6.92 Å². The summed E-state index contributed by atoms with van der Waals surface area (Å²) in [5.74, 6) is 0.0393. The standard InChI is InChI=1S/C14H21N3O/c1-10-5-4-8-17(10)9-14(18)16-13-7-3-6-12(15)11(13)2/h3,6-7,10H,4-5,8-9,15H2,1-2H3,(H,16,18). The summed E-state index contributed by atoms with van der Waals surface area (Å²) in [5, 5.41) is 2.94. The Balaban J connectivity index is 1.97. The minimum absolute atomic E-state index is 0.0393. The Bertz CT molecular complexity index is 445. The summed E-state index contributed by atoms with van der Waals surface area (Å²) >= 11 is 0. The van der Waals surface area contributed by atoms with Crippen LogP contribution in [0.2, 0.25) is 0 Å². The van der Waals surface area contributed by atoms with Gasteiger partial charge in [-0.15, -0.1) is 0 Å². The summed E-state index contributed by atoms with van der Waals surface area (Å²) in [7, 11) is 0. The van der Waals surface area contributed by atoms with Gasteiger partial charge >= 0.3 is 0 Å². The molecule has 0 aliphatic carbocycles. The van der Waals surface area contributed by atoms with Crippen LogP contribution in [0.1, 0.15) is 25.3 Å². The van der Waals surface area contributed by atoms with Gasteiger partial charge in [-0.2, -0.15) is 0 Å². The van der Waals surface area contributed by atoms with Gasteiger partial charge in [0.15, 0.2) is 0 Å². The van der Waals surface area contributed by atoms with Gasteiger partial charge < -0.3 is 11.1 Å². The first-order valence-electron chi connectivity index (χ1n) is 6.47. The molecule has 1 fully saturated rings. The van der Waals surface area contributed by atoms with Gasteiger partial charge in [0.25, 0.3) is 0 Å². The van der Waals surface area contributed by atoms with Gasteiger partial charge in [0.05, 0.1) is 6.54 Å². The second-order valence-electron chi connectivity index (χ2n) is 5.03. The molecule has 1 aliphatic rings. The second-order valence-corrected chi connectivity index (χ2v) is 5.03. The van der Waals surface area contributed by atoms with E-state index in [1.807, 2.05) is 25.1 Å². The van der Waals surface area contributed by atoms with E-state index in [0.29, 0.717) is 18.3 Å². The Labute approximate surface area is 108 Å². The quantitative estimate of drug-likeness (QED) is 0.803. The van der Waals surface area contributed by atoms with E-state index in [1.165, 1.54) is 12.8 Å². The summed E-state index contributed by atoms with van der Waals surface area (Å²) in [6, 6.07) is 6.10. The maximum absolute atomic E-state index is 12.0. The summed E-state index contributed by atoms with van der Waals surface area (Å²) in [6.07, 6.45) is 2.37. The van der Waals surface area contributed by atoms with Gasteiger partial charge in [0.1, 0.15) is 0 Å². The molecule has 0 bridgehead atoms. The molecule has 3 N–H and O–H groups in total. The average molecular weight is 247 g/mol. The molecule has 0 aromatic heterocycles. The molecule has 0 spiro atoms. The topological polar surface area (TPSA) is 58.4 Å². The Morgan fingerprint density at radius 3 is 3.00 bits per heavy atom. The predicted octanol–water partition coefficient (Wildman–Crippen LogP) is 2.00. The highest BCUT2D eigenvalue weighted by molar-refractivity contribution is 5.93. The van der Waals surface area contributed by atoms with E-state index in [9.17, 15) is 4.79 Å². The molecule has 1 heterocycles. The monoisotopic (exact) mass is 247 g/mol. The van der Waals surface area contributed by atoms with Crippen molar-refractivity contribution in [3.05, 3.63) is 23.8 Å². The summed E-state index contributed by atoms with van der Waals surface area (Å²) in [6.45, 7) is 5.58. The number of carbonyl (C=O) groups is 1. The molecule has 0 saturated carbocycles. The minimum Gasteiger partial charge on any atom is -0.398 e. The maximum Gasteiger partial charge on any atom is 0.238 e. The Morgan fingerprint density at radius 2 is 2.33 bits per heavy atom. The van der Waals surface area contributed by atoms with E-state index in [-0.39, 0.29) is 5.91 Å². The molecule has 1 aromatic carbocycles. The molecule has 1 aliphatic heterocycles. The van der Waals surface area contributed by atoms with Crippen molar-refractivity contribution in [2.75, 3.05) is 24.1 Å². The summed E-state index contributed by atoms with van der Waals surface area (Å²) < 4.78 is 0. The Morgan fingerprint density at radius 1 is 1.56 bits per heavy atom. The number of anilines is 2. The maximum atomic E-state index is 12.0. The molecule has 4 heteroatoms. The number of likely N-dealkylation sites (tertiary alicyclic amines) is 1. The summed E-state index contributed by atoms with van der Waals surface area (Å²) in [5.41, 5.74) is 8.27. The van der Waals surface area contributed by atoms with Crippen molar-refractivity contribution in [3.63, 3.8) is 0 Å². The van der Waals surface area contributed by atoms with Crippen LogP contribution in [0.4, 0.5) is 11.4 Å². The third-order valence-electron chi connectivity index (χ3n) is 3.69. The molecule has 1 unspecified atom stereocenters. The zero-order valence-corrected chi connectivity index (χ0v) is 11.1. The van der Waals surface area contributed by atoms with Gasteiger partial charge in [-0.3, -0.25) is 9.69 Å². The molecule has 4 nitrogen and oxygen atoms in total. The lowest BCUT2D eigenvalue weighted by Gasteiger charge is -2.20. The van der Waals surface area contributed by atoms with E-state index in [4.69, 9.17) is 5.73 Å². The molecule has 98 valence electrons. The number of carbonyl (C=O) groups excluding carboxylic acids is 1. The van der Waals surface area contributed by atoms with E-state index in [1.54, 1.807) is 0 Å². The van der Waals surface area contributed by atoms with Crippen LogP contribution in [0.25, 0.3) is 0 Å². The fraction of sp³-hybridized carbons (Fsp3) is 0.500. The van der Waals surface area contributed by atoms with E-state index in [2.05, 4.69) is 17.1 Å². The Kier molecular flexibility index (Phi) is 3.87. The number of amides is 1. The number of nitrogens with two attached hydrogens (primary N) is 1. The first-order valence-corrected chi connectivity index (χ1v) is 6.47. The number of rotatable bonds is 3. The highest BCUT2D eigenvalue weighted by Crippen LogP contribution is 2.21. The zero-order chi connectivity index (χ0) is 13.1. The first kappa shape index (κ1) is 12.9. The number of hydrogen-bond donors (Lipinski definition) is 2. The molecule has 18 heavy (non-hydrogen) atoms. The third-order valence-corrected chi connectivity index (χ3v) is 3.69. The number of benzene rings is 1. The number of nitrogen functional groups attached to an aromatic ring is 1. The van der Waals surface area contributed by atoms with Crippen LogP contribution in [0.15, 0.2) is 18.2 Å². The predicted molar refractivity (Wildman–Crippen MR) is 74.5 cm³/mol. The fourth-order valence-electron chi connectivity index (χ4n) is 2.39. The number of nitrogens with one attached hydrogen (secondary N) is 1. The summed E-state index contributed by atoms with van der Waals surface area (Å²) in [4.78, 5) is 14.2.